The summed E-state index contributed by atoms with van der Waals surface area (Å²) in [4.78, 5) is 0. The van der Waals surface area contributed by atoms with Gasteiger partial charge in [-0.05, 0) is 37.2 Å². The van der Waals surface area contributed by atoms with Gasteiger partial charge in [-0.15, -0.1) is 0 Å². The van der Waals surface area contributed by atoms with Crippen LogP contribution in [-0.4, -0.2) is 7.05 Å². The second-order valence-electron chi connectivity index (χ2n) is 4.63. The van der Waals surface area contributed by atoms with Crippen LogP contribution in [0, 0.1) is 24.4 Å². The van der Waals surface area contributed by atoms with Crippen molar-refractivity contribution in [3.05, 3.63) is 67.4 Å². The molecule has 0 aliphatic carbocycles. The van der Waals surface area contributed by atoms with E-state index in [2.05, 4.69) is 37.2 Å². The summed E-state index contributed by atoms with van der Waals surface area (Å²) in [6.45, 7) is 1.91. The first kappa shape index (κ1) is 16.5. The predicted molar refractivity (Wildman–Crippen MR) is 83.8 cm³/mol. The molecule has 6 heteroatoms. The molecule has 0 fully saturated rings. The van der Waals surface area contributed by atoms with E-state index in [0.717, 1.165) is 10.0 Å². The highest BCUT2D eigenvalue weighted by molar-refractivity contribution is 9.11. The lowest BCUT2D eigenvalue weighted by atomic mass is 9.97. The van der Waals surface area contributed by atoms with Gasteiger partial charge in [0.15, 0.2) is 0 Å². The average Bonchev–Trinajstić information content (AvgIpc) is 2.38. The maximum absolute atomic E-state index is 14.0. The summed E-state index contributed by atoms with van der Waals surface area (Å²) in [6, 6.07) is 4.25. The Morgan fingerprint density at radius 3 is 2.05 bits per heavy atom. The van der Waals surface area contributed by atoms with Crippen LogP contribution < -0.4 is 5.32 Å². The minimum absolute atomic E-state index is 0.213. The Morgan fingerprint density at radius 1 is 0.952 bits per heavy atom. The lowest BCUT2D eigenvalue weighted by Gasteiger charge is -2.21. The van der Waals surface area contributed by atoms with Crippen molar-refractivity contribution >= 4 is 31.9 Å². The van der Waals surface area contributed by atoms with Crippen LogP contribution in [0.1, 0.15) is 22.7 Å². The zero-order chi connectivity index (χ0) is 15.7. The molecule has 0 heterocycles. The van der Waals surface area contributed by atoms with E-state index in [1.54, 1.807) is 13.1 Å². The average molecular weight is 423 g/mol. The largest absolute Gasteiger partial charge is 0.309 e. The summed E-state index contributed by atoms with van der Waals surface area (Å²) in [5.41, 5.74) is 1.43. The number of nitrogens with one attached hydrogen (secondary N) is 1. The molecule has 0 aromatic heterocycles. The van der Waals surface area contributed by atoms with Crippen molar-refractivity contribution in [3.63, 3.8) is 0 Å². The van der Waals surface area contributed by atoms with Crippen LogP contribution in [0.15, 0.2) is 33.2 Å². The Morgan fingerprint density at radius 2 is 1.52 bits per heavy atom. The minimum atomic E-state index is -0.937. The van der Waals surface area contributed by atoms with E-state index in [1.807, 2.05) is 13.0 Å². The number of rotatable bonds is 3. The van der Waals surface area contributed by atoms with Gasteiger partial charge < -0.3 is 5.32 Å². The Labute approximate surface area is 137 Å². The van der Waals surface area contributed by atoms with E-state index in [1.165, 1.54) is 0 Å². The third-order valence-electron chi connectivity index (χ3n) is 3.21. The number of hydrogen-bond donors (Lipinski definition) is 1. The van der Waals surface area contributed by atoms with Crippen LogP contribution in [0.5, 0.6) is 0 Å². The standard InChI is InChI=1S/C15H12Br2F3N/c1-7-3-11(17)9(6-10(7)16)15(21-2)14-12(19)4-8(18)5-13(14)20/h3-6,15,21H,1-2H3. The molecule has 2 aromatic carbocycles. The fourth-order valence-electron chi connectivity index (χ4n) is 2.17. The van der Waals surface area contributed by atoms with Crippen LogP contribution in [0.25, 0.3) is 0 Å². The highest BCUT2D eigenvalue weighted by Crippen LogP contribution is 2.35. The molecule has 112 valence electrons. The van der Waals surface area contributed by atoms with Crippen molar-refractivity contribution in [1.82, 2.24) is 5.32 Å². The highest BCUT2D eigenvalue weighted by atomic mass is 79.9. The molecule has 0 radical (unpaired) electrons. The second-order valence-corrected chi connectivity index (χ2v) is 6.34. The molecule has 0 amide bonds. The zero-order valence-corrected chi connectivity index (χ0v) is 14.4. The van der Waals surface area contributed by atoms with E-state index >= 15 is 0 Å². The SMILES string of the molecule is CNC(c1cc(Br)c(C)cc1Br)c1c(F)cc(F)cc1F. The normalized spacial score (nSPS) is 12.5. The van der Waals surface area contributed by atoms with Crippen LogP contribution in [0.2, 0.25) is 0 Å². The molecule has 2 rings (SSSR count). The van der Waals surface area contributed by atoms with Gasteiger partial charge in [0.05, 0.1) is 6.04 Å². The smallest absolute Gasteiger partial charge is 0.134 e. The van der Waals surface area contributed by atoms with Gasteiger partial charge in [0.1, 0.15) is 17.5 Å². The van der Waals surface area contributed by atoms with Crippen LogP contribution >= 0.6 is 31.9 Å². The zero-order valence-electron chi connectivity index (χ0n) is 11.3. The van der Waals surface area contributed by atoms with Gasteiger partial charge in [-0.2, -0.15) is 0 Å². The van der Waals surface area contributed by atoms with Crippen LogP contribution in [0.4, 0.5) is 13.2 Å². The molecular formula is C15H12Br2F3N. The molecule has 1 N–H and O–H groups in total. The van der Waals surface area contributed by atoms with E-state index in [4.69, 9.17) is 0 Å². The monoisotopic (exact) mass is 421 g/mol. The molecule has 1 unspecified atom stereocenters. The number of hydrogen-bond acceptors (Lipinski definition) is 1. The van der Waals surface area contributed by atoms with Crippen LogP contribution in [-0.2, 0) is 0 Å². The van der Waals surface area contributed by atoms with Gasteiger partial charge in [0, 0.05) is 26.6 Å². The molecule has 0 saturated heterocycles. The first-order valence-electron chi connectivity index (χ1n) is 6.12. The number of halogens is 5. The van der Waals surface area contributed by atoms with Gasteiger partial charge in [0.25, 0.3) is 0 Å². The maximum Gasteiger partial charge on any atom is 0.134 e. The number of aryl methyl sites for hydroxylation is 1. The van der Waals surface area contributed by atoms with Gasteiger partial charge in [-0.3, -0.25) is 0 Å². The Bertz CT molecular complexity index is 666. The number of benzene rings is 2. The van der Waals surface area contributed by atoms with Gasteiger partial charge in [0.2, 0.25) is 0 Å². The lowest BCUT2D eigenvalue weighted by molar-refractivity contribution is 0.499. The van der Waals surface area contributed by atoms with Gasteiger partial charge >= 0.3 is 0 Å². The molecule has 0 aliphatic heterocycles. The third-order valence-corrected chi connectivity index (χ3v) is 4.75. The summed E-state index contributed by atoms with van der Waals surface area (Å²) in [6.07, 6.45) is 0. The van der Waals surface area contributed by atoms with Crippen molar-refractivity contribution in [3.8, 4) is 0 Å². The molecule has 0 spiro atoms. The summed E-state index contributed by atoms with van der Waals surface area (Å²) in [5, 5.41) is 2.87. The van der Waals surface area contributed by atoms with E-state index < -0.39 is 23.5 Å². The van der Waals surface area contributed by atoms with Crippen molar-refractivity contribution in [1.29, 1.82) is 0 Å². The summed E-state index contributed by atoms with van der Waals surface area (Å²) in [5.74, 6) is -2.78. The summed E-state index contributed by atoms with van der Waals surface area (Å²) in [7, 11) is 1.59. The molecule has 0 aliphatic rings. The van der Waals surface area contributed by atoms with Crippen LogP contribution in [0.3, 0.4) is 0 Å². The Kier molecular flexibility index (Phi) is 5.11. The molecule has 0 saturated carbocycles. The fraction of sp³-hybridized carbons (Fsp3) is 0.200. The van der Waals surface area contributed by atoms with E-state index in [0.29, 0.717) is 22.2 Å². The quantitative estimate of drug-likeness (QED) is 0.712. The van der Waals surface area contributed by atoms with Gasteiger partial charge in [-0.25, -0.2) is 13.2 Å². The molecule has 21 heavy (non-hydrogen) atoms. The van der Waals surface area contributed by atoms with Crippen molar-refractivity contribution in [2.75, 3.05) is 7.05 Å². The second kappa shape index (κ2) is 6.50. The fourth-order valence-corrected chi connectivity index (χ4v) is 3.22. The lowest BCUT2D eigenvalue weighted by Crippen LogP contribution is -2.21. The predicted octanol–water partition coefficient (Wildman–Crippen LogP) is 5.25. The summed E-state index contributed by atoms with van der Waals surface area (Å²) < 4.78 is 42.6. The minimum Gasteiger partial charge on any atom is -0.309 e. The van der Waals surface area contributed by atoms with Crippen molar-refractivity contribution < 1.29 is 13.2 Å². The molecule has 0 bridgehead atoms. The van der Waals surface area contributed by atoms with E-state index in [-0.39, 0.29) is 5.56 Å². The highest BCUT2D eigenvalue weighted by Gasteiger charge is 2.24. The molecule has 1 atom stereocenters. The molecule has 2 aromatic rings. The Balaban J connectivity index is 2.63. The van der Waals surface area contributed by atoms with Crippen molar-refractivity contribution in [2.24, 2.45) is 0 Å². The molecule has 1 nitrogen and oxygen atoms in total. The van der Waals surface area contributed by atoms with E-state index in [9.17, 15) is 13.2 Å². The van der Waals surface area contributed by atoms with Gasteiger partial charge in [-0.1, -0.05) is 31.9 Å². The summed E-state index contributed by atoms with van der Waals surface area (Å²) >= 11 is 6.81. The Hall–Kier alpha value is -0.850. The maximum atomic E-state index is 14.0. The first-order valence-corrected chi connectivity index (χ1v) is 7.71. The first-order chi connectivity index (χ1) is 9.85. The third kappa shape index (κ3) is 3.33. The molecular weight excluding hydrogens is 411 g/mol. The van der Waals surface area contributed by atoms with Crippen molar-refractivity contribution in [2.45, 2.75) is 13.0 Å². The topological polar surface area (TPSA) is 12.0 Å².